The molecule has 106 valence electrons. The third-order valence-electron chi connectivity index (χ3n) is 2.84. The van der Waals surface area contributed by atoms with E-state index in [0.717, 1.165) is 20.0 Å². The number of thiophene rings is 1. The van der Waals surface area contributed by atoms with Gasteiger partial charge in [0, 0.05) is 18.5 Å². The minimum atomic E-state index is -0.459. The van der Waals surface area contributed by atoms with Gasteiger partial charge < -0.3 is 4.74 Å². The summed E-state index contributed by atoms with van der Waals surface area (Å²) in [6.45, 7) is 0. The van der Waals surface area contributed by atoms with Gasteiger partial charge in [-0.05, 0) is 40.2 Å². The van der Waals surface area contributed by atoms with Crippen LogP contribution < -0.4 is 0 Å². The highest BCUT2D eigenvalue weighted by atomic mass is 79.9. The number of pyridine rings is 1. The van der Waals surface area contributed by atoms with Gasteiger partial charge in [-0.1, -0.05) is 0 Å². The largest absolute Gasteiger partial charge is 0.464 e. The van der Waals surface area contributed by atoms with E-state index < -0.39 is 5.97 Å². The van der Waals surface area contributed by atoms with Gasteiger partial charge >= 0.3 is 5.97 Å². The summed E-state index contributed by atoms with van der Waals surface area (Å²) >= 11 is 5.02. The highest BCUT2D eigenvalue weighted by Gasteiger charge is 2.18. The maximum atomic E-state index is 11.7. The SMILES string of the molecule is COC(=O)c1cc(-c2ccc(Br)s2)n(-c2ccncc2)n1. The first-order valence-electron chi connectivity index (χ1n) is 6.03. The summed E-state index contributed by atoms with van der Waals surface area (Å²) in [6.07, 6.45) is 3.37. The van der Waals surface area contributed by atoms with Crippen LogP contribution in [0.1, 0.15) is 10.5 Å². The van der Waals surface area contributed by atoms with Gasteiger partial charge in [0.1, 0.15) is 0 Å². The fourth-order valence-electron chi connectivity index (χ4n) is 1.89. The van der Waals surface area contributed by atoms with Crippen molar-refractivity contribution in [3.8, 4) is 16.3 Å². The Labute approximate surface area is 133 Å². The summed E-state index contributed by atoms with van der Waals surface area (Å²) in [7, 11) is 1.34. The number of esters is 1. The van der Waals surface area contributed by atoms with Crippen LogP contribution in [0.15, 0.2) is 46.5 Å². The van der Waals surface area contributed by atoms with E-state index in [0.29, 0.717) is 0 Å². The first-order chi connectivity index (χ1) is 10.2. The Morgan fingerprint density at radius 2 is 2.05 bits per heavy atom. The topological polar surface area (TPSA) is 57.0 Å². The Kier molecular flexibility index (Phi) is 3.85. The van der Waals surface area contributed by atoms with Crippen molar-refractivity contribution in [1.82, 2.24) is 14.8 Å². The molecule has 0 amide bonds. The van der Waals surface area contributed by atoms with Gasteiger partial charge in [0.05, 0.1) is 27.2 Å². The number of carbonyl (C=O) groups excluding carboxylic acids is 1. The average molecular weight is 364 g/mol. The van der Waals surface area contributed by atoms with Gasteiger partial charge in [0.15, 0.2) is 5.69 Å². The normalized spacial score (nSPS) is 10.6. The molecule has 0 aliphatic carbocycles. The van der Waals surface area contributed by atoms with E-state index in [2.05, 4.69) is 26.0 Å². The van der Waals surface area contributed by atoms with Crippen LogP contribution in [0, 0.1) is 0 Å². The number of methoxy groups -OCH3 is 1. The summed E-state index contributed by atoms with van der Waals surface area (Å²) in [5, 5.41) is 4.34. The number of hydrogen-bond acceptors (Lipinski definition) is 5. The number of halogens is 1. The maximum absolute atomic E-state index is 11.7. The van der Waals surface area contributed by atoms with Crippen molar-refractivity contribution in [3.63, 3.8) is 0 Å². The Hall–Kier alpha value is -1.99. The first-order valence-corrected chi connectivity index (χ1v) is 7.64. The van der Waals surface area contributed by atoms with E-state index in [4.69, 9.17) is 4.74 Å². The van der Waals surface area contributed by atoms with E-state index in [1.165, 1.54) is 7.11 Å². The molecule has 3 aromatic heterocycles. The molecule has 0 aromatic carbocycles. The lowest BCUT2D eigenvalue weighted by molar-refractivity contribution is 0.0593. The van der Waals surface area contributed by atoms with Gasteiger partial charge in [-0.3, -0.25) is 4.98 Å². The summed E-state index contributed by atoms with van der Waals surface area (Å²) in [6, 6.07) is 9.33. The van der Waals surface area contributed by atoms with Crippen LogP contribution in [0.4, 0.5) is 0 Å². The minimum Gasteiger partial charge on any atom is -0.464 e. The number of carbonyl (C=O) groups is 1. The third kappa shape index (κ3) is 2.74. The zero-order chi connectivity index (χ0) is 14.8. The molecule has 0 N–H and O–H groups in total. The molecule has 0 spiro atoms. The molecule has 0 fully saturated rings. The zero-order valence-corrected chi connectivity index (χ0v) is 13.4. The van der Waals surface area contributed by atoms with Gasteiger partial charge in [-0.15, -0.1) is 11.3 Å². The lowest BCUT2D eigenvalue weighted by Gasteiger charge is -2.04. The van der Waals surface area contributed by atoms with Crippen LogP contribution in [0.25, 0.3) is 16.3 Å². The predicted octanol–water partition coefficient (Wildman–Crippen LogP) is 3.54. The van der Waals surface area contributed by atoms with Gasteiger partial charge in [0.2, 0.25) is 0 Å². The highest BCUT2D eigenvalue weighted by Crippen LogP contribution is 2.33. The number of aromatic nitrogens is 3. The number of ether oxygens (including phenoxy) is 1. The lowest BCUT2D eigenvalue weighted by atomic mass is 10.3. The van der Waals surface area contributed by atoms with Crippen molar-refractivity contribution >= 4 is 33.2 Å². The molecule has 0 aliphatic heterocycles. The molecule has 5 nitrogen and oxygen atoms in total. The van der Waals surface area contributed by atoms with Gasteiger partial charge in [-0.2, -0.15) is 5.10 Å². The van der Waals surface area contributed by atoms with Gasteiger partial charge in [-0.25, -0.2) is 9.48 Å². The fraction of sp³-hybridized carbons (Fsp3) is 0.0714. The van der Waals surface area contributed by atoms with Crippen molar-refractivity contribution in [3.05, 3.63) is 52.2 Å². The summed E-state index contributed by atoms with van der Waals surface area (Å²) in [5.74, 6) is -0.459. The predicted molar refractivity (Wildman–Crippen MR) is 83.7 cm³/mol. The van der Waals surface area contributed by atoms with Crippen LogP contribution in [-0.2, 0) is 4.74 Å². The summed E-state index contributed by atoms with van der Waals surface area (Å²) in [4.78, 5) is 16.7. The molecule has 0 radical (unpaired) electrons. The zero-order valence-electron chi connectivity index (χ0n) is 11.0. The molecular formula is C14H10BrN3O2S. The Morgan fingerprint density at radius 3 is 2.67 bits per heavy atom. The fourth-order valence-corrected chi connectivity index (χ4v) is 3.28. The lowest BCUT2D eigenvalue weighted by Crippen LogP contribution is -2.04. The Morgan fingerprint density at radius 1 is 1.29 bits per heavy atom. The second kappa shape index (κ2) is 5.79. The van der Waals surface area contributed by atoms with Crippen LogP contribution in [0.5, 0.6) is 0 Å². The first kappa shape index (κ1) is 14.0. The van der Waals surface area contributed by atoms with Crippen molar-refractivity contribution in [2.24, 2.45) is 0 Å². The van der Waals surface area contributed by atoms with Crippen LogP contribution in [0.3, 0.4) is 0 Å². The second-order valence-electron chi connectivity index (χ2n) is 4.13. The Balaban J connectivity index is 2.17. The smallest absolute Gasteiger partial charge is 0.358 e. The summed E-state index contributed by atoms with van der Waals surface area (Å²) < 4.78 is 7.48. The molecule has 3 rings (SSSR count). The molecule has 0 saturated carbocycles. The maximum Gasteiger partial charge on any atom is 0.358 e. The van der Waals surface area contributed by atoms with E-state index in [1.54, 1.807) is 34.5 Å². The van der Waals surface area contributed by atoms with E-state index in [-0.39, 0.29) is 5.69 Å². The standard InChI is InChI=1S/C14H10BrN3O2S/c1-20-14(19)10-8-11(12-2-3-13(15)21-12)18(17-10)9-4-6-16-7-5-9/h2-8H,1H3. The van der Waals surface area contributed by atoms with E-state index in [1.807, 2.05) is 24.3 Å². The number of nitrogens with zero attached hydrogens (tertiary/aromatic N) is 3. The van der Waals surface area contributed by atoms with Crippen LogP contribution in [0.2, 0.25) is 0 Å². The summed E-state index contributed by atoms with van der Waals surface area (Å²) in [5.41, 5.74) is 1.94. The van der Waals surface area contributed by atoms with E-state index >= 15 is 0 Å². The minimum absolute atomic E-state index is 0.272. The quantitative estimate of drug-likeness (QED) is 0.667. The monoisotopic (exact) mass is 363 g/mol. The van der Waals surface area contributed by atoms with E-state index in [9.17, 15) is 4.79 Å². The van der Waals surface area contributed by atoms with Gasteiger partial charge in [0.25, 0.3) is 0 Å². The average Bonchev–Trinajstić information content (AvgIpc) is 3.13. The molecule has 0 aliphatic rings. The molecule has 0 unspecified atom stereocenters. The third-order valence-corrected chi connectivity index (χ3v) is 4.48. The molecule has 7 heteroatoms. The van der Waals surface area contributed by atoms with Crippen LogP contribution in [-0.4, -0.2) is 27.8 Å². The molecule has 0 bridgehead atoms. The van der Waals surface area contributed by atoms with Crippen LogP contribution >= 0.6 is 27.3 Å². The Bertz CT molecular complexity index is 783. The number of rotatable bonds is 3. The number of hydrogen-bond donors (Lipinski definition) is 0. The second-order valence-corrected chi connectivity index (χ2v) is 6.59. The molecule has 0 atom stereocenters. The van der Waals surface area contributed by atoms with Crippen molar-refractivity contribution in [2.75, 3.05) is 7.11 Å². The van der Waals surface area contributed by atoms with Crippen molar-refractivity contribution in [1.29, 1.82) is 0 Å². The molecule has 3 aromatic rings. The highest BCUT2D eigenvalue weighted by molar-refractivity contribution is 9.11. The molecular weight excluding hydrogens is 354 g/mol. The molecule has 3 heterocycles. The van der Waals surface area contributed by atoms with Crippen molar-refractivity contribution in [2.45, 2.75) is 0 Å². The van der Waals surface area contributed by atoms with Crippen molar-refractivity contribution < 1.29 is 9.53 Å². The molecule has 0 saturated heterocycles. The molecule has 21 heavy (non-hydrogen) atoms.